The third-order valence-electron chi connectivity index (χ3n) is 3.00. The SMILES string of the molecule is CCCNCC(OCCCN(C)C)c1ccccc1. The molecule has 0 amide bonds. The summed E-state index contributed by atoms with van der Waals surface area (Å²) in [6, 6.07) is 10.5. The number of hydrogen-bond donors (Lipinski definition) is 1. The van der Waals surface area contributed by atoms with E-state index < -0.39 is 0 Å². The Kier molecular flexibility index (Phi) is 8.47. The minimum absolute atomic E-state index is 0.162. The summed E-state index contributed by atoms with van der Waals surface area (Å²) in [5.41, 5.74) is 1.26. The summed E-state index contributed by atoms with van der Waals surface area (Å²) >= 11 is 0. The van der Waals surface area contributed by atoms with Crippen molar-refractivity contribution in [1.82, 2.24) is 10.2 Å². The molecule has 0 saturated heterocycles. The molecule has 108 valence electrons. The van der Waals surface area contributed by atoms with E-state index in [4.69, 9.17) is 4.74 Å². The first-order valence-corrected chi connectivity index (χ1v) is 7.26. The molecule has 1 unspecified atom stereocenters. The van der Waals surface area contributed by atoms with Crippen molar-refractivity contribution in [2.75, 3.05) is 40.3 Å². The first-order valence-electron chi connectivity index (χ1n) is 7.26. The van der Waals surface area contributed by atoms with Gasteiger partial charge in [-0.15, -0.1) is 0 Å². The van der Waals surface area contributed by atoms with Crippen LogP contribution in [0.2, 0.25) is 0 Å². The van der Waals surface area contributed by atoms with E-state index in [1.54, 1.807) is 0 Å². The molecule has 0 saturated carbocycles. The molecule has 1 atom stereocenters. The average molecular weight is 264 g/mol. The summed E-state index contributed by atoms with van der Waals surface area (Å²) in [5.74, 6) is 0. The smallest absolute Gasteiger partial charge is 0.0949 e. The maximum atomic E-state index is 6.04. The monoisotopic (exact) mass is 264 g/mol. The zero-order valence-corrected chi connectivity index (χ0v) is 12.6. The highest BCUT2D eigenvalue weighted by Gasteiger charge is 2.10. The molecule has 0 bridgehead atoms. The summed E-state index contributed by atoms with van der Waals surface area (Å²) in [5, 5.41) is 3.45. The minimum Gasteiger partial charge on any atom is -0.372 e. The van der Waals surface area contributed by atoms with Gasteiger partial charge in [-0.3, -0.25) is 0 Å². The lowest BCUT2D eigenvalue weighted by molar-refractivity contribution is 0.0482. The molecule has 1 aromatic carbocycles. The third-order valence-corrected chi connectivity index (χ3v) is 3.00. The predicted molar refractivity (Wildman–Crippen MR) is 81.5 cm³/mol. The van der Waals surface area contributed by atoms with E-state index in [1.165, 1.54) is 5.56 Å². The fourth-order valence-electron chi connectivity index (χ4n) is 1.96. The van der Waals surface area contributed by atoms with E-state index in [2.05, 4.69) is 55.5 Å². The van der Waals surface area contributed by atoms with Crippen LogP contribution in [0.3, 0.4) is 0 Å². The van der Waals surface area contributed by atoms with Crippen LogP contribution in [-0.2, 0) is 4.74 Å². The number of ether oxygens (including phenoxy) is 1. The molecule has 0 aliphatic rings. The summed E-state index contributed by atoms with van der Waals surface area (Å²) in [7, 11) is 4.19. The maximum Gasteiger partial charge on any atom is 0.0949 e. The van der Waals surface area contributed by atoms with Crippen molar-refractivity contribution < 1.29 is 4.74 Å². The largest absolute Gasteiger partial charge is 0.372 e. The van der Waals surface area contributed by atoms with Gasteiger partial charge < -0.3 is 15.0 Å². The average Bonchev–Trinajstić information content (AvgIpc) is 2.42. The zero-order valence-electron chi connectivity index (χ0n) is 12.6. The minimum atomic E-state index is 0.162. The van der Waals surface area contributed by atoms with Crippen LogP contribution in [0.4, 0.5) is 0 Å². The van der Waals surface area contributed by atoms with Gasteiger partial charge in [-0.2, -0.15) is 0 Å². The zero-order chi connectivity index (χ0) is 13.9. The fourth-order valence-corrected chi connectivity index (χ4v) is 1.96. The van der Waals surface area contributed by atoms with Crippen LogP contribution < -0.4 is 5.32 Å². The Balaban J connectivity index is 2.41. The molecular weight excluding hydrogens is 236 g/mol. The lowest BCUT2D eigenvalue weighted by atomic mass is 10.1. The summed E-state index contributed by atoms with van der Waals surface area (Å²) in [6.45, 7) is 6.00. The van der Waals surface area contributed by atoms with Crippen molar-refractivity contribution in [3.63, 3.8) is 0 Å². The molecule has 0 aromatic heterocycles. The highest BCUT2D eigenvalue weighted by atomic mass is 16.5. The van der Waals surface area contributed by atoms with E-state index >= 15 is 0 Å². The van der Waals surface area contributed by atoms with Gasteiger partial charge in [0.15, 0.2) is 0 Å². The standard InChI is InChI=1S/C16H28N2O/c1-4-11-17-14-16(15-9-6-5-7-10-15)19-13-8-12-18(2)3/h5-7,9-10,16-17H,4,8,11-14H2,1-3H3. The molecule has 0 spiro atoms. The Morgan fingerprint density at radius 3 is 2.58 bits per heavy atom. The number of nitrogens with one attached hydrogen (secondary N) is 1. The molecule has 3 heteroatoms. The number of nitrogens with zero attached hydrogens (tertiary/aromatic N) is 1. The Morgan fingerprint density at radius 2 is 1.95 bits per heavy atom. The van der Waals surface area contributed by atoms with E-state index in [-0.39, 0.29) is 6.10 Å². The number of benzene rings is 1. The van der Waals surface area contributed by atoms with Gasteiger partial charge in [-0.25, -0.2) is 0 Å². The molecule has 19 heavy (non-hydrogen) atoms. The molecule has 1 N–H and O–H groups in total. The van der Waals surface area contributed by atoms with Crippen molar-refractivity contribution in [3.8, 4) is 0 Å². The van der Waals surface area contributed by atoms with Gasteiger partial charge in [0.2, 0.25) is 0 Å². The van der Waals surface area contributed by atoms with Gasteiger partial charge in [0.05, 0.1) is 6.10 Å². The molecule has 0 radical (unpaired) electrons. The van der Waals surface area contributed by atoms with E-state index in [9.17, 15) is 0 Å². The highest BCUT2D eigenvalue weighted by Crippen LogP contribution is 2.16. The van der Waals surface area contributed by atoms with Crippen molar-refractivity contribution in [1.29, 1.82) is 0 Å². The first-order chi connectivity index (χ1) is 9.24. The maximum absolute atomic E-state index is 6.04. The number of rotatable bonds is 10. The van der Waals surface area contributed by atoms with E-state index in [1.807, 2.05) is 6.07 Å². The van der Waals surface area contributed by atoms with Crippen molar-refractivity contribution >= 4 is 0 Å². The van der Waals surface area contributed by atoms with Gasteiger partial charge >= 0.3 is 0 Å². The second-order valence-electron chi connectivity index (χ2n) is 5.13. The number of hydrogen-bond acceptors (Lipinski definition) is 3. The summed E-state index contributed by atoms with van der Waals surface area (Å²) in [4.78, 5) is 2.19. The quantitative estimate of drug-likeness (QED) is 0.658. The Labute approximate surface area is 118 Å². The molecule has 0 aliphatic heterocycles. The van der Waals surface area contributed by atoms with Crippen molar-refractivity contribution in [2.45, 2.75) is 25.9 Å². The van der Waals surface area contributed by atoms with Crippen LogP contribution in [0.25, 0.3) is 0 Å². The molecule has 1 aromatic rings. The van der Waals surface area contributed by atoms with E-state index in [0.29, 0.717) is 0 Å². The highest BCUT2D eigenvalue weighted by molar-refractivity contribution is 5.17. The molecule has 0 heterocycles. The second kappa shape index (κ2) is 9.96. The van der Waals surface area contributed by atoms with Crippen molar-refractivity contribution in [3.05, 3.63) is 35.9 Å². The second-order valence-corrected chi connectivity index (χ2v) is 5.13. The molecule has 3 nitrogen and oxygen atoms in total. The molecule has 1 rings (SSSR count). The van der Waals surface area contributed by atoms with Crippen LogP contribution in [0, 0.1) is 0 Å². The lowest BCUT2D eigenvalue weighted by Gasteiger charge is -2.19. The van der Waals surface area contributed by atoms with Gasteiger partial charge in [0.1, 0.15) is 0 Å². The Morgan fingerprint density at radius 1 is 1.21 bits per heavy atom. The normalized spacial score (nSPS) is 12.8. The van der Waals surface area contributed by atoms with Crippen LogP contribution in [-0.4, -0.2) is 45.2 Å². The first kappa shape index (κ1) is 16.2. The fraction of sp³-hybridized carbons (Fsp3) is 0.625. The molecular formula is C16H28N2O. The lowest BCUT2D eigenvalue weighted by Crippen LogP contribution is -2.25. The van der Waals surface area contributed by atoms with Crippen LogP contribution in [0.1, 0.15) is 31.4 Å². The van der Waals surface area contributed by atoms with E-state index in [0.717, 1.165) is 39.1 Å². The van der Waals surface area contributed by atoms with Gasteiger partial charge in [0.25, 0.3) is 0 Å². The molecule has 0 aliphatic carbocycles. The summed E-state index contributed by atoms with van der Waals surface area (Å²) < 4.78 is 6.04. The Bertz CT molecular complexity index is 314. The van der Waals surface area contributed by atoms with Gasteiger partial charge in [-0.1, -0.05) is 37.3 Å². The van der Waals surface area contributed by atoms with Crippen LogP contribution >= 0.6 is 0 Å². The van der Waals surface area contributed by atoms with Crippen molar-refractivity contribution in [2.24, 2.45) is 0 Å². The molecule has 0 fully saturated rings. The van der Waals surface area contributed by atoms with Gasteiger partial charge in [0, 0.05) is 13.2 Å². The van der Waals surface area contributed by atoms with Gasteiger partial charge in [-0.05, 0) is 45.6 Å². The summed E-state index contributed by atoms with van der Waals surface area (Å²) in [6.07, 6.45) is 2.39. The third kappa shape index (κ3) is 7.31. The topological polar surface area (TPSA) is 24.5 Å². The van der Waals surface area contributed by atoms with Crippen LogP contribution in [0.5, 0.6) is 0 Å². The Hall–Kier alpha value is -0.900. The van der Waals surface area contributed by atoms with Crippen LogP contribution in [0.15, 0.2) is 30.3 Å². The predicted octanol–water partition coefficient (Wildman–Crippen LogP) is 2.70.